The molecule has 3 aromatic rings. The second-order valence-corrected chi connectivity index (χ2v) is 7.03. The van der Waals surface area contributed by atoms with E-state index in [1.165, 1.54) is 37.7 Å². The molecule has 0 aromatic heterocycles. The molecule has 0 saturated carbocycles. The van der Waals surface area contributed by atoms with Gasteiger partial charge in [-0.25, -0.2) is 13.2 Å². The summed E-state index contributed by atoms with van der Waals surface area (Å²) in [4.78, 5) is 0. The minimum Gasteiger partial charge on any atom is -0.204 e. The molecule has 3 heteroatoms. The number of aryl methyl sites for hydroxylation is 1. The number of unbranched alkanes of at least 4 members (excludes halogenated alkanes) is 4. The summed E-state index contributed by atoms with van der Waals surface area (Å²) in [5.41, 5.74) is 2.19. The molecule has 0 N–H and O–H groups in total. The van der Waals surface area contributed by atoms with E-state index in [0.717, 1.165) is 34.9 Å². The molecular formula is C25H23F3. The summed E-state index contributed by atoms with van der Waals surface area (Å²) in [6, 6.07) is 14.0. The van der Waals surface area contributed by atoms with Gasteiger partial charge in [-0.05, 0) is 47.4 Å². The number of hydrogen-bond acceptors (Lipinski definition) is 0. The molecule has 0 bridgehead atoms. The fourth-order valence-electron chi connectivity index (χ4n) is 3.30. The second kappa shape index (κ2) is 9.46. The Hall–Kier alpha value is -2.73. The third kappa shape index (κ3) is 4.95. The van der Waals surface area contributed by atoms with Gasteiger partial charge in [-0.2, -0.15) is 0 Å². The standard InChI is InChI=1S/C25H23F3/c1-2-3-4-5-6-8-18-12-14-22-20(9-7-10-21(22)15-18)13-11-19-16-23(26)25(28)24(27)17-19/h7,9-10,12,14-17H,2-6,8H2,1H3. The SMILES string of the molecule is CCCCCCCc1ccc2c(C#Cc3cc(F)c(F)c(F)c3)cccc2c1. The van der Waals surface area contributed by atoms with E-state index in [2.05, 4.69) is 30.9 Å². The van der Waals surface area contributed by atoms with E-state index in [9.17, 15) is 13.2 Å². The van der Waals surface area contributed by atoms with Crippen LogP contribution in [0.15, 0.2) is 48.5 Å². The Morgan fingerprint density at radius 2 is 1.54 bits per heavy atom. The first-order chi connectivity index (χ1) is 13.6. The lowest BCUT2D eigenvalue weighted by atomic mass is 9.99. The first-order valence-electron chi connectivity index (χ1n) is 9.76. The van der Waals surface area contributed by atoms with Gasteiger partial charge in [-0.1, -0.05) is 74.8 Å². The van der Waals surface area contributed by atoms with E-state index >= 15 is 0 Å². The average Bonchev–Trinajstić information content (AvgIpc) is 2.70. The summed E-state index contributed by atoms with van der Waals surface area (Å²) in [7, 11) is 0. The van der Waals surface area contributed by atoms with Gasteiger partial charge in [0.2, 0.25) is 0 Å². The summed E-state index contributed by atoms with van der Waals surface area (Å²) in [5.74, 6) is 1.76. The van der Waals surface area contributed by atoms with Crippen molar-refractivity contribution in [2.24, 2.45) is 0 Å². The third-order valence-corrected chi connectivity index (χ3v) is 4.84. The molecule has 0 fully saturated rings. The Morgan fingerprint density at radius 1 is 0.786 bits per heavy atom. The maximum absolute atomic E-state index is 13.4. The average molecular weight is 380 g/mol. The maximum atomic E-state index is 13.4. The van der Waals surface area contributed by atoms with Gasteiger partial charge in [0.15, 0.2) is 17.5 Å². The molecule has 144 valence electrons. The number of fused-ring (bicyclic) bond motifs is 1. The van der Waals surface area contributed by atoms with E-state index in [-0.39, 0.29) is 5.56 Å². The minimum absolute atomic E-state index is 0.108. The first kappa shape index (κ1) is 20.0. The van der Waals surface area contributed by atoms with Crippen molar-refractivity contribution >= 4 is 10.8 Å². The monoisotopic (exact) mass is 380 g/mol. The van der Waals surface area contributed by atoms with Gasteiger partial charge in [0, 0.05) is 11.1 Å². The van der Waals surface area contributed by atoms with Gasteiger partial charge >= 0.3 is 0 Å². The predicted molar refractivity (Wildman–Crippen MR) is 109 cm³/mol. The zero-order chi connectivity index (χ0) is 19.9. The molecule has 3 aromatic carbocycles. The van der Waals surface area contributed by atoms with Gasteiger partial charge in [-0.3, -0.25) is 0 Å². The number of halogens is 3. The van der Waals surface area contributed by atoms with E-state index < -0.39 is 17.5 Å². The molecule has 0 amide bonds. The van der Waals surface area contributed by atoms with Gasteiger partial charge in [0.1, 0.15) is 0 Å². The van der Waals surface area contributed by atoms with Crippen LogP contribution in [0.5, 0.6) is 0 Å². The topological polar surface area (TPSA) is 0 Å². The van der Waals surface area contributed by atoms with Crippen molar-refractivity contribution in [3.05, 3.63) is 82.7 Å². The summed E-state index contributed by atoms with van der Waals surface area (Å²) in [6.45, 7) is 2.22. The highest BCUT2D eigenvalue weighted by Crippen LogP contribution is 2.21. The fourth-order valence-corrected chi connectivity index (χ4v) is 3.30. The Labute approximate surface area is 164 Å². The fraction of sp³-hybridized carbons (Fsp3) is 0.280. The van der Waals surface area contributed by atoms with Crippen LogP contribution in [-0.4, -0.2) is 0 Å². The lowest BCUT2D eigenvalue weighted by molar-refractivity contribution is 0.446. The number of benzene rings is 3. The lowest BCUT2D eigenvalue weighted by Gasteiger charge is -2.06. The number of rotatable bonds is 6. The maximum Gasteiger partial charge on any atom is 0.194 e. The quantitative estimate of drug-likeness (QED) is 0.242. The Kier molecular flexibility index (Phi) is 6.76. The molecule has 0 unspecified atom stereocenters. The molecule has 0 radical (unpaired) electrons. The smallest absolute Gasteiger partial charge is 0.194 e. The van der Waals surface area contributed by atoms with Crippen LogP contribution < -0.4 is 0 Å². The molecule has 0 aliphatic carbocycles. The third-order valence-electron chi connectivity index (χ3n) is 4.84. The van der Waals surface area contributed by atoms with Gasteiger partial charge in [-0.15, -0.1) is 0 Å². The molecule has 0 nitrogen and oxygen atoms in total. The Bertz CT molecular complexity index is 1000. The van der Waals surface area contributed by atoms with Crippen LogP contribution in [0.2, 0.25) is 0 Å². The van der Waals surface area contributed by atoms with Crippen molar-refractivity contribution < 1.29 is 13.2 Å². The first-order valence-corrected chi connectivity index (χ1v) is 9.76. The van der Waals surface area contributed by atoms with E-state index in [4.69, 9.17) is 0 Å². The highest BCUT2D eigenvalue weighted by molar-refractivity contribution is 5.88. The van der Waals surface area contributed by atoms with Crippen LogP contribution in [0, 0.1) is 29.3 Å². The van der Waals surface area contributed by atoms with E-state index in [0.29, 0.717) is 0 Å². The van der Waals surface area contributed by atoms with Gasteiger partial charge < -0.3 is 0 Å². The van der Waals surface area contributed by atoms with Crippen LogP contribution in [0.25, 0.3) is 10.8 Å². The predicted octanol–water partition coefficient (Wildman–Crippen LogP) is 7.17. The lowest BCUT2D eigenvalue weighted by Crippen LogP contribution is -1.92. The van der Waals surface area contributed by atoms with Crippen LogP contribution in [0.3, 0.4) is 0 Å². The minimum atomic E-state index is -1.47. The van der Waals surface area contributed by atoms with Crippen molar-refractivity contribution in [1.82, 2.24) is 0 Å². The van der Waals surface area contributed by atoms with Crippen LogP contribution in [-0.2, 0) is 6.42 Å². The summed E-state index contributed by atoms with van der Waals surface area (Å²) >= 11 is 0. The molecule has 0 heterocycles. The van der Waals surface area contributed by atoms with Crippen molar-refractivity contribution in [3.8, 4) is 11.8 Å². The Balaban J connectivity index is 1.80. The van der Waals surface area contributed by atoms with Gasteiger partial charge in [0.05, 0.1) is 0 Å². The van der Waals surface area contributed by atoms with E-state index in [1.54, 1.807) is 0 Å². The summed E-state index contributed by atoms with van der Waals surface area (Å²) < 4.78 is 39.8. The molecule has 0 atom stereocenters. The second-order valence-electron chi connectivity index (χ2n) is 7.03. The van der Waals surface area contributed by atoms with Crippen LogP contribution in [0.1, 0.15) is 55.7 Å². The summed E-state index contributed by atoms with van der Waals surface area (Å²) in [6.07, 6.45) is 7.32. The molecule has 0 saturated heterocycles. The van der Waals surface area contributed by atoms with Crippen LogP contribution >= 0.6 is 0 Å². The Morgan fingerprint density at radius 3 is 2.29 bits per heavy atom. The largest absolute Gasteiger partial charge is 0.204 e. The molecule has 0 aliphatic heterocycles. The molecule has 3 rings (SSSR count). The highest BCUT2D eigenvalue weighted by atomic mass is 19.2. The van der Waals surface area contributed by atoms with Gasteiger partial charge in [0.25, 0.3) is 0 Å². The van der Waals surface area contributed by atoms with Crippen molar-refractivity contribution in [2.45, 2.75) is 45.4 Å². The normalized spacial score (nSPS) is 10.7. The van der Waals surface area contributed by atoms with Crippen LogP contribution in [0.4, 0.5) is 13.2 Å². The van der Waals surface area contributed by atoms with Crippen molar-refractivity contribution in [1.29, 1.82) is 0 Å². The molecule has 0 spiro atoms. The number of hydrogen-bond donors (Lipinski definition) is 0. The zero-order valence-corrected chi connectivity index (χ0v) is 16.0. The highest BCUT2D eigenvalue weighted by Gasteiger charge is 2.09. The molecular weight excluding hydrogens is 357 g/mol. The summed E-state index contributed by atoms with van der Waals surface area (Å²) in [5, 5.41) is 2.09. The molecule has 0 aliphatic rings. The van der Waals surface area contributed by atoms with Crippen molar-refractivity contribution in [3.63, 3.8) is 0 Å². The van der Waals surface area contributed by atoms with Crippen molar-refractivity contribution in [2.75, 3.05) is 0 Å². The zero-order valence-electron chi connectivity index (χ0n) is 16.0. The van der Waals surface area contributed by atoms with E-state index in [1.807, 2.05) is 24.3 Å². The molecule has 28 heavy (non-hydrogen) atoms.